The molecule has 0 aromatic rings. The summed E-state index contributed by atoms with van der Waals surface area (Å²) >= 11 is 0. The Labute approximate surface area is 84.3 Å². The molecule has 0 aromatic carbocycles. The first-order valence-corrected chi connectivity index (χ1v) is 4.62. The first kappa shape index (κ1) is 13.0. The second kappa shape index (κ2) is 6.45. The Morgan fingerprint density at radius 1 is 1.00 bits per heavy atom. The molecular weight excluding hydrogens is 180 g/mol. The Morgan fingerprint density at radius 3 is 1.50 bits per heavy atom. The molecule has 4 nitrogen and oxygen atoms in total. The van der Waals surface area contributed by atoms with Gasteiger partial charge in [-0.25, -0.2) is 0 Å². The van der Waals surface area contributed by atoms with Crippen molar-refractivity contribution in [1.29, 1.82) is 0 Å². The van der Waals surface area contributed by atoms with Crippen LogP contribution in [0.4, 0.5) is 0 Å². The lowest BCUT2D eigenvalue weighted by molar-refractivity contribution is -0.119. The smallest absolute Gasteiger partial charge is 0.146 e. The third kappa shape index (κ3) is 5.61. The lowest BCUT2D eigenvalue weighted by atomic mass is 10.1. The fourth-order valence-corrected chi connectivity index (χ4v) is 0.818. The van der Waals surface area contributed by atoms with E-state index in [0.717, 1.165) is 0 Å². The van der Waals surface area contributed by atoms with Crippen LogP contribution >= 0.6 is 0 Å². The van der Waals surface area contributed by atoms with Crippen molar-refractivity contribution in [1.82, 2.24) is 0 Å². The van der Waals surface area contributed by atoms with Gasteiger partial charge in [0.2, 0.25) is 0 Å². The summed E-state index contributed by atoms with van der Waals surface area (Å²) in [6.07, 6.45) is 4.57. The van der Waals surface area contributed by atoms with Crippen LogP contribution in [0.25, 0.3) is 0 Å². The lowest BCUT2D eigenvalue weighted by Crippen LogP contribution is -2.28. The molecule has 80 valence electrons. The summed E-state index contributed by atoms with van der Waals surface area (Å²) in [7, 11) is 0. The van der Waals surface area contributed by atoms with Gasteiger partial charge in [0.1, 0.15) is 11.6 Å². The van der Waals surface area contributed by atoms with Gasteiger partial charge >= 0.3 is 0 Å². The second-order valence-corrected chi connectivity index (χ2v) is 3.38. The lowest BCUT2D eigenvalue weighted by Gasteiger charge is -2.04. The number of rotatable bonds is 6. The van der Waals surface area contributed by atoms with E-state index in [-0.39, 0.29) is 11.6 Å². The zero-order chi connectivity index (χ0) is 11.1. The van der Waals surface area contributed by atoms with E-state index in [1.165, 1.54) is 13.8 Å². The highest BCUT2D eigenvalue weighted by Crippen LogP contribution is 1.96. The van der Waals surface area contributed by atoms with E-state index in [1.807, 2.05) is 0 Å². The van der Waals surface area contributed by atoms with Crippen LogP contribution in [0.15, 0.2) is 12.2 Å². The first-order valence-electron chi connectivity index (χ1n) is 4.62. The highest BCUT2D eigenvalue weighted by molar-refractivity contribution is 5.81. The minimum Gasteiger partial charge on any atom is -0.321 e. The molecule has 0 spiro atoms. The third-order valence-corrected chi connectivity index (χ3v) is 1.99. The maximum absolute atomic E-state index is 10.7. The van der Waals surface area contributed by atoms with Crippen LogP contribution in [0.5, 0.6) is 0 Å². The molecule has 0 aliphatic heterocycles. The number of ketones is 2. The third-order valence-electron chi connectivity index (χ3n) is 1.99. The van der Waals surface area contributed by atoms with E-state index in [4.69, 9.17) is 11.5 Å². The van der Waals surface area contributed by atoms with E-state index in [1.54, 1.807) is 12.2 Å². The highest BCUT2D eigenvalue weighted by atomic mass is 16.1. The Hall–Kier alpha value is -1.00. The molecule has 0 aliphatic rings. The van der Waals surface area contributed by atoms with Gasteiger partial charge < -0.3 is 11.5 Å². The average Bonchev–Trinajstić information content (AvgIpc) is 2.11. The molecule has 0 heterocycles. The maximum Gasteiger partial charge on any atom is 0.146 e. The minimum absolute atomic E-state index is 0.0366. The maximum atomic E-state index is 10.7. The van der Waals surface area contributed by atoms with E-state index >= 15 is 0 Å². The quantitative estimate of drug-likeness (QED) is 0.595. The molecule has 0 saturated heterocycles. The number of carbonyl (C=O) groups excluding carboxylic acids is 2. The van der Waals surface area contributed by atoms with Crippen LogP contribution in [-0.4, -0.2) is 23.7 Å². The molecule has 0 rings (SSSR count). The monoisotopic (exact) mass is 198 g/mol. The fraction of sp³-hybridized carbons (Fsp3) is 0.600. The summed E-state index contributed by atoms with van der Waals surface area (Å²) in [5.74, 6) is -0.0731. The van der Waals surface area contributed by atoms with Crippen LogP contribution in [0, 0.1) is 0 Å². The number of hydrogen-bond donors (Lipinski definition) is 2. The molecule has 4 N–H and O–H groups in total. The van der Waals surface area contributed by atoms with Gasteiger partial charge in [0.25, 0.3) is 0 Å². The van der Waals surface area contributed by atoms with Crippen molar-refractivity contribution in [3.8, 4) is 0 Å². The molecule has 0 aromatic heterocycles. The Bertz CT molecular complexity index is 212. The normalized spacial score (nSPS) is 15.4. The van der Waals surface area contributed by atoms with E-state index < -0.39 is 12.1 Å². The highest BCUT2D eigenvalue weighted by Gasteiger charge is 2.06. The van der Waals surface area contributed by atoms with Crippen LogP contribution in [-0.2, 0) is 9.59 Å². The van der Waals surface area contributed by atoms with Crippen molar-refractivity contribution in [3.05, 3.63) is 12.2 Å². The summed E-state index contributed by atoms with van der Waals surface area (Å²) < 4.78 is 0. The van der Waals surface area contributed by atoms with Crippen molar-refractivity contribution in [2.24, 2.45) is 11.5 Å². The molecule has 2 atom stereocenters. The fourth-order valence-electron chi connectivity index (χ4n) is 0.818. The topological polar surface area (TPSA) is 86.2 Å². The first-order chi connectivity index (χ1) is 6.45. The molecule has 0 aliphatic carbocycles. The standard InChI is InChI=1S/C10H18N2O2/c1-7(13)9(11)5-3-4-6-10(12)8(2)14/h3-4,9-10H,5-6,11-12H2,1-2H3/t9-,10+. The summed E-state index contributed by atoms with van der Waals surface area (Å²) in [5, 5.41) is 0. The van der Waals surface area contributed by atoms with E-state index in [9.17, 15) is 9.59 Å². The van der Waals surface area contributed by atoms with Gasteiger partial charge in [0.15, 0.2) is 0 Å². The van der Waals surface area contributed by atoms with Crippen molar-refractivity contribution >= 4 is 11.6 Å². The van der Waals surface area contributed by atoms with Crippen LogP contribution < -0.4 is 11.5 Å². The SMILES string of the molecule is CC(=O)[C@H](N)CC=CC[C@H](N)C(C)=O. The number of carbonyl (C=O) groups is 2. The molecule has 0 saturated carbocycles. The van der Waals surface area contributed by atoms with Gasteiger partial charge in [-0.3, -0.25) is 9.59 Å². The van der Waals surface area contributed by atoms with Crippen LogP contribution in [0.2, 0.25) is 0 Å². The zero-order valence-corrected chi connectivity index (χ0v) is 8.69. The van der Waals surface area contributed by atoms with Gasteiger partial charge in [-0.15, -0.1) is 0 Å². The van der Waals surface area contributed by atoms with Crippen molar-refractivity contribution < 1.29 is 9.59 Å². The Balaban J connectivity index is 3.74. The summed E-state index contributed by atoms with van der Waals surface area (Å²) in [6.45, 7) is 2.92. The average molecular weight is 198 g/mol. The van der Waals surface area contributed by atoms with Crippen molar-refractivity contribution in [3.63, 3.8) is 0 Å². The van der Waals surface area contributed by atoms with E-state index in [0.29, 0.717) is 12.8 Å². The number of nitrogens with two attached hydrogens (primary N) is 2. The van der Waals surface area contributed by atoms with E-state index in [2.05, 4.69) is 0 Å². The van der Waals surface area contributed by atoms with Crippen LogP contribution in [0.3, 0.4) is 0 Å². The zero-order valence-electron chi connectivity index (χ0n) is 8.69. The summed E-state index contributed by atoms with van der Waals surface area (Å²) in [6, 6.07) is -0.889. The van der Waals surface area contributed by atoms with Gasteiger partial charge in [0, 0.05) is 0 Å². The molecule has 0 radical (unpaired) electrons. The van der Waals surface area contributed by atoms with Gasteiger partial charge in [-0.1, -0.05) is 12.2 Å². The second-order valence-electron chi connectivity index (χ2n) is 3.38. The van der Waals surface area contributed by atoms with Gasteiger partial charge in [-0.2, -0.15) is 0 Å². The molecule has 14 heavy (non-hydrogen) atoms. The van der Waals surface area contributed by atoms with Crippen molar-refractivity contribution in [2.75, 3.05) is 0 Å². The van der Waals surface area contributed by atoms with Crippen LogP contribution in [0.1, 0.15) is 26.7 Å². The largest absolute Gasteiger partial charge is 0.321 e. The van der Waals surface area contributed by atoms with Gasteiger partial charge in [0.05, 0.1) is 12.1 Å². The number of hydrogen-bond acceptors (Lipinski definition) is 4. The summed E-state index contributed by atoms with van der Waals surface area (Å²) in [5.41, 5.74) is 11.0. The summed E-state index contributed by atoms with van der Waals surface area (Å²) in [4.78, 5) is 21.5. The molecule has 0 bridgehead atoms. The Kier molecular flexibility index (Phi) is 5.99. The molecule has 0 unspecified atom stereocenters. The van der Waals surface area contributed by atoms with Crippen molar-refractivity contribution in [2.45, 2.75) is 38.8 Å². The molecule has 4 heteroatoms. The predicted octanol–water partition coefficient (Wildman–Crippen LogP) is 0.155. The predicted molar refractivity (Wildman–Crippen MR) is 55.7 cm³/mol. The minimum atomic E-state index is -0.445. The molecular formula is C10H18N2O2. The van der Waals surface area contributed by atoms with Gasteiger partial charge in [-0.05, 0) is 26.7 Å². The molecule has 0 amide bonds. The molecule has 0 fully saturated rings. The number of Topliss-reactive ketones (excluding diaryl/α,β-unsaturated/α-hetero) is 2. The Morgan fingerprint density at radius 2 is 1.29 bits per heavy atom.